The van der Waals surface area contributed by atoms with Gasteiger partial charge >= 0.3 is 0 Å². The van der Waals surface area contributed by atoms with Gasteiger partial charge in [0.1, 0.15) is 5.82 Å². The average molecular weight is 256 g/mol. The molecule has 0 aliphatic carbocycles. The minimum Gasteiger partial charge on any atom is -0.313 e. The fraction of sp³-hybridized carbons (Fsp3) is 0.300. The van der Waals surface area contributed by atoms with Gasteiger partial charge in [0.2, 0.25) is 6.41 Å². The number of carbonyl (C=O) groups excluding carboxylic acids is 1. The van der Waals surface area contributed by atoms with Gasteiger partial charge in [0.25, 0.3) is 0 Å². The molecule has 0 radical (unpaired) electrons. The van der Waals surface area contributed by atoms with E-state index >= 15 is 0 Å². The predicted octanol–water partition coefficient (Wildman–Crippen LogP) is 1.13. The van der Waals surface area contributed by atoms with E-state index in [0.29, 0.717) is 17.1 Å². The minimum absolute atomic E-state index is 0.179. The molecule has 1 amide bonds. The van der Waals surface area contributed by atoms with E-state index in [2.05, 4.69) is 10.3 Å². The summed E-state index contributed by atoms with van der Waals surface area (Å²) in [7, 11) is -0.990. The lowest BCUT2D eigenvalue weighted by molar-refractivity contribution is -0.105. The summed E-state index contributed by atoms with van der Waals surface area (Å²) in [5.41, 5.74) is 0.758. The van der Waals surface area contributed by atoms with Gasteiger partial charge in [0.15, 0.2) is 0 Å². The largest absolute Gasteiger partial charge is 0.313 e. The van der Waals surface area contributed by atoms with Crippen LogP contribution in [-0.2, 0) is 15.6 Å². The Balaban J connectivity index is 2.85. The fourth-order valence-corrected chi connectivity index (χ4v) is 2.04. The lowest BCUT2D eigenvalue weighted by Gasteiger charge is -2.10. The minimum atomic E-state index is -0.990. The first-order valence-corrected chi connectivity index (χ1v) is 6.62. The van der Waals surface area contributed by atoms with E-state index in [1.165, 1.54) is 0 Å². The first-order chi connectivity index (χ1) is 7.56. The number of anilines is 1. The third-order valence-corrected chi connectivity index (χ3v) is 4.09. The number of nitrogens with zero attached hydrogens (tertiary/aromatic N) is 1. The highest BCUT2D eigenvalue weighted by Crippen LogP contribution is 2.10. The van der Waals surface area contributed by atoms with Crippen molar-refractivity contribution >= 4 is 40.1 Å². The monoisotopic (exact) mass is 256 g/mol. The zero-order valence-electron chi connectivity index (χ0n) is 8.97. The summed E-state index contributed by atoms with van der Waals surface area (Å²) >= 11 is 5.20. The van der Waals surface area contributed by atoms with Crippen LogP contribution in [-0.4, -0.2) is 32.0 Å². The van der Waals surface area contributed by atoms with E-state index in [4.69, 9.17) is 12.2 Å². The van der Waals surface area contributed by atoms with Crippen LogP contribution in [0.5, 0.6) is 0 Å². The SMILES string of the molecule is CC(C(=S)c1ccc(NC=O)nc1)S(C)=O. The molecule has 0 saturated carbocycles. The summed E-state index contributed by atoms with van der Waals surface area (Å²) in [4.78, 5) is 14.8. The standard InChI is InChI=1S/C10H12N2O2S2/c1-7(16(2)14)10(15)8-3-4-9(11-5-8)12-6-13/h3-7H,1-2H3,(H,11,12,13). The molecule has 1 heterocycles. The smallest absolute Gasteiger partial charge is 0.212 e. The zero-order chi connectivity index (χ0) is 12.1. The Kier molecular flexibility index (Phi) is 4.70. The molecule has 0 bridgehead atoms. The molecule has 0 aliphatic rings. The normalized spacial score (nSPS) is 13.9. The van der Waals surface area contributed by atoms with Gasteiger partial charge in [-0.15, -0.1) is 0 Å². The number of aromatic nitrogens is 1. The maximum atomic E-state index is 11.3. The van der Waals surface area contributed by atoms with Gasteiger partial charge in [-0.05, 0) is 19.1 Å². The molecule has 0 aromatic carbocycles. The second kappa shape index (κ2) is 5.81. The van der Waals surface area contributed by atoms with Crippen molar-refractivity contribution < 1.29 is 9.00 Å². The second-order valence-corrected chi connectivity index (χ2v) is 5.34. The Bertz CT molecular complexity index is 417. The molecule has 2 atom stereocenters. The Morgan fingerprint density at radius 2 is 2.31 bits per heavy atom. The lowest BCUT2D eigenvalue weighted by atomic mass is 10.1. The maximum absolute atomic E-state index is 11.3. The van der Waals surface area contributed by atoms with E-state index < -0.39 is 10.8 Å². The Hall–Kier alpha value is -1.14. The van der Waals surface area contributed by atoms with Crippen molar-refractivity contribution in [2.45, 2.75) is 12.2 Å². The van der Waals surface area contributed by atoms with E-state index in [1.54, 1.807) is 24.6 Å². The first-order valence-electron chi connectivity index (χ1n) is 4.59. The number of amides is 1. The molecule has 0 spiro atoms. The fourth-order valence-electron chi connectivity index (χ4n) is 1.07. The van der Waals surface area contributed by atoms with Crippen LogP contribution in [0.15, 0.2) is 18.3 Å². The van der Waals surface area contributed by atoms with Gasteiger partial charge in [0.05, 0.1) is 5.25 Å². The van der Waals surface area contributed by atoms with Gasteiger partial charge in [0, 0.05) is 33.7 Å². The highest BCUT2D eigenvalue weighted by Gasteiger charge is 2.14. The number of thiocarbonyl (C=S) groups is 1. The van der Waals surface area contributed by atoms with Gasteiger partial charge < -0.3 is 5.32 Å². The summed E-state index contributed by atoms with van der Waals surface area (Å²) in [6.45, 7) is 1.82. The Morgan fingerprint density at radius 1 is 1.62 bits per heavy atom. The van der Waals surface area contributed by atoms with Crippen LogP contribution in [0.1, 0.15) is 12.5 Å². The van der Waals surface area contributed by atoms with Crippen molar-refractivity contribution in [3.63, 3.8) is 0 Å². The van der Waals surface area contributed by atoms with E-state index in [-0.39, 0.29) is 5.25 Å². The molecule has 1 rings (SSSR count). The van der Waals surface area contributed by atoms with Gasteiger partial charge in [-0.25, -0.2) is 4.98 Å². The quantitative estimate of drug-likeness (QED) is 0.487. The molecule has 1 N–H and O–H groups in total. The number of pyridine rings is 1. The van der Waals surface area contributed by atoms with Crippen molar-refractivity contribution in [1.82, 2.24) is 4.98 Å². The summed E-state index contributed by atoms with van der Waals surface area (Å²) < 4.78 is 11.3. The van der Waals surface area contributed by atoms with Crippen molar-refractivity contribution in [3.8, 4) is 0 Å². The average Bonchev–Trinajstić information content (AvgIpc) is 2.28. The van der Waals surface area contributed by atoms with Crippen molar-refractivity contribution in [3.05, 3.63) is 23.9 Å². The van der Waals surface area contributed by atoms with Crippen LogP contribution >= 0.6 is 12.2 Å². The number of nitrogens with one attached hydrogen (secondary N) is 1. The van der Waals surface area contributed by atoms with Crippen LogP contribution in [0.25, 0.3) is 0 Å². The molecule has 0 aliphatic heterocycles. The van der Waals surface area contributed by atoms with Crippen LogP contribution in [0.2, 0.25) is 0 Å². The number of carbonyl (C=O) groups is 1. The molecule has 86 valence electrons. The maximum Gasteiger partial charge on any atom is 0.212 e. The number of rotatable bonds is 5. The molecule has 0 saturated heterocycles. The molecule has 1 aromatic heterocycles. The molecule has 6 heteroatoms. The van der Waals surface area contributed by atoms with Crippen LogP contribution in [0, 0.1) is 0 Å². The van der Waals surface area contributed by atoms with E-state index in [1.807, 2.05) is 6.92 Å². The van der Waals surface area contributed by atoms with Gasteiger partial charge in [-0.2, -0.15) is 0 Å². The van der Waals surface area contributed by atoms with Crippen LogP contribution < -0.4 is 5.32 Å². The van der Waals surface area contributed by atoms with Gasteiger partial charge in [-0.1, -0.05) is 12.2 Å². The molecular weight excluding hydrogens is 244 g/mol. The van der Waals surface area contributed by atoms with Crippen molar-refractivity contribution in [2.24, 2.45) is 0 Å². The lowest BCUT2D eigenvalue weighted by Crippen LogP contribution is -2.20. The van der Waals surface area contributed by atoms with E-state index in [9.17, 15) is 9.00 Å². The Labute approximate surface area is 102 Å². The third kappa shape index (κ3) is 3.18. The van der Waals surface area contributed by atoms with Crippen LogP contribution in [0.3, 0.4) is 0 Å². The number of hydrogen-bond acceptors (Lipinski definition) is 4. The first kappa shape index (κ1) is 12.9. The van der Waals surface area contributed by atoms with Crippen LogP contribution in [0.4, 0.5) is 5.82 Å². The zero-order valence-corrected chi connectivity index (χ0v) is 10.6. The molecular formula is C10H12N2O2S2. The van der Waals surface area contributed by atoms with E-state index in [0.717, 1.165) is 5.56 Å². The van der Waals surface area contributed by atoms with Gasteiger partial charge in [-0.3, -0.25) is 9.00 Å². The predicted molar refractivity (Wildman–Crippen MR) is 69.2 cm³/mol. The summed E-state index contributed by atoms with van der Waals surface area (Å²) in [6, 6.07) is 3.41. The molecule has 4 nitrogen and oxygen atoms in total. The summed E-state index contributed by atoms with van der Waals surface area (Å²) in [6.07, 6.45) is 3.74. The third-order valence-electron chi connectivity index (χ3n) is 2.12. The van der Waals surface area contributed by atoms with Crippen molar-refractivity contribution in [1.29, 1.82) is 0 Å². The molecule has 1 aromatic rings. The van der Waals surface area contributed by atoms with Crippen molar-refractivity contribution in [2.75, 3.05) is 11.6 Å². The topological polar surface area (TPSA) is 59.1 Å². The number of hydrogen-bond donors (Lipinski definition) is 1. The highest BCUT2D eigenvalue weighted by molar-refractivity contribution is 7.89. The highest BCUT2D eigenvalue weighted by atomic mass is 32.2. The summed E-state index contributed by atoms with van der Waals surface area (Å²) in [5.74, 6) is 0.465. The second-order valence-electron chi connectivity index (χ2n) is 3.20. The Morgan fingerprint density at radius 3 is 2.75 bits per heavy atom. The molecule has 16 heavy (non-hydrogen) atoms. The molecule has 0 fully saturated rings. The summed E-state index contributed by atoms with van der Waals surface area (Å²) in [5, 5.41) is 2.25. The molecule has 2 unspecified atom stereocenters.